The van der Waals surface area contributed by atoms with Crippen LogP contribution in [0.2, 0.25) is 0 Å². The van der Waals surface area contributed by atoms with Crippen LogP contribution in [-0.2, 0) is 4.74 Å². The van der Waals surface area contributed by atoms with Gasteiger partial charge in [0.25, 0.3) is 0 Å². The van der Waals surface area contributed by atoms with Crippen LogP contribution < -0.4 is 15.1 Å². The number of morpholine rings is 1. The second-order valence-corrected chi connectivity index (χ2v) is 6.66. The van der Waals surface area contributed by atoms with E-state index < -0.39 is 0 Å². The molecule has 1 N–H and O–H groups in total. The predicted molar refractivity (Wildman–Crippen MR) is 86.5 cm³/mol. The molecule has 0 saturated carbocycles. The van der Waals surface area contributed by atoms with Crippen molar-refractivity contribution >= 4 is 11.5 Å². The van der Waals surface area contributed by atoms with E-state index in [1.807, 2.05) is 6.07 Å². The van der Waals surface area contributed by atoms with Crippen molar-refractivity contribution in [2.75, 3.05) is 42.5 Å². The summed E-state index contributed by atoms with van der Waals surface area (Å²) in [4.78, 5) is 4.53. The molecule has 4 heterocycles. The van der Waals surface area contributed by atoms with Crippen LogP contribution in [0.3, 0.4) is 0 Å². The fourth-order valence-corrected chi connectivity index (χ4v) is 3.83. The Hall–Kier alpha value is -1.91. The number of hydrogen-bond acceptors (Lipinski definition) is 7. The molecule has 7 heteroatoms. The highest BCUT2D eigenvalue weighted by Gasteiger charge is 2.35. The Kier molecular flexibility index (Phi) is 3.79. The number of aromatic nitrogens is 2. The maximum atomic E-state index is 9.40. The van der Waals surface area contributed by atoms with Gasteiger partial charge >= 0.3 is 0 Å². The molecule has 3 saturated heterocycles. The van der Waals surface area contributed by atoms with Gasteiger partial charge in [0, 0.05) is 44.8 Å². The highest BCUT2D eigenvalue weighted by atomic mass is 16.5. The van der Waals surface area contributed by atoms with E-state index in [1.54, 1.807) is 0 Å². The van der Waals surface area contributed by atoms with Crippen molar-refractivity contribution in [3.05, 3.63) is 11.8 Å². The van der Waals surface area contributed by atoms with Crippen molar-refractivity contribution < 1.29 is 4.74 Å². The Labute approximate surface area is 136 Å². The van der Waals surface area contributed by atoms with Gasteiger partial charge < -0.3 is 19.9 Å². The van der Waals surface area contributed by atoms with Crippen LogP contribution >= 0.6 is 0 Å². The quantitative estimate of drug-likeness (QED) is 0.852. The summed E-state index contributed by atoms with van der Waals surface area (Å²) < 4.78 is 5.90. The van der Waals surface area contributed by atoms with Crippen LogP contribution in [0, 0.1) is 11.3 Å². The minimum atomic E-state index is 0.313. The number of rotatable bonds is 2. The topological polar surface area (TPSA) is 77.3 Å². The molecule has 7 nitrogen and oxygen atoms in total. The maximum Gasteiger partial charge on any atom is 0.186 e. The molecule has 122 valence electrons. The Morgan fingerprint density at radius 2 is 2.09 bits per heavy atom. The number of nitriles is 1. The molecule has 3 fully saturated rings. The summed E-state index contributed by atoms with van der Waals surface area (Å²) in [6.45, 7) is 6.64. The fraction of sp³-hybridized carbons (Fsp3) is 0.688. The monoisotopic (exact) mass is 314 g/mol. The summed E-state index contributed by atoms with van der Waals surface area (Å²) in [5, 5.41) is 21.3. The fourth-order valence-electron chi connectivity index (χ4n) is 3.83. The highest BCUT2D eigenvalue weighted by molar-refractivity contribution is 5.62. The van der Waals surface area contributed by atoms with E-state index in [1.165, 1.54) is 0 Å². The maximum absolute atomic E-state index is 9.40. The molecular weight excluding hydrogens is 292 g/mol. The summed E-state index contributed by atoms with van der Waals surface area (Å²) >= 11 is 0. The highest BCUT2D eigenvalue weighted by Crippen LogP contribution is 2.31. The first-order valence-electron chi connectivity index (χ1n) is 8.40. The molecule has 4 rings (SSSR count). The van der Waals surface area contributed by atoms with E-state index in [0.29, 0.717) is 23.9 Å². The molecule has 2 unspecified atom stereocenters. The van der Waals surface area contributed by atoms with Gasteiger partial charge in [-0.05, 0) is 19.8 Å². The Morgan fingerprint density at radius 1 is 1.30 bits per heavy atom. The Balaban J connectivity index is 1.64. The average molecular weight is 314 g/mol. The minimum Gasteiger partial charge on any atom is -0.371 e. The van der Waals surface area contributed by atoms with E-state index >= 15 is 0 Å². The largest absolute Gasteiger partial charge is 0.371 e. The third-order valence-electron chi connectivity index (χ3n) is 5.05. The standard InChI is InChI=1S/C16H22N6O/c1-11-8-18-4-5-22(11)15-6-16(20-19-14(15)7-17)21-9-12-2-3-13(10-21)23-12/h6,11-13,18H,2-5,8-10H2,1H3/t11-,12?,13?/m1/s1. The van der Waals surface area contributed by atoms with Crippen molar-refractivity contribution in [3.8, 4) is 6.07 Å². The van der Waals surface area contributed by atoms with Crippen LogP contribution in [0.25, 0.3) is 0 Å². The molecule has 0 radical (unpaired) electrons. The van der Waals surface area contributed by atoms with Gasteiger partial charge in [0.15, 0.2) is 11.5 Å². The van der Waals surface area contributed by atoms with Gasteiger partial charge in [-0.1, -0.05) is 0 Å². The first-order chi connectivity index (χ1) is 11.2. The predicted octanol–water partition coefficient (Wildman–Crippen LogP) is 0.514. The van der Waals surface area contributed by atoms with Gasteiger partial charge in [0.2, 0.25) is 0 Å². The van der Waals surface area contributed by atoms with Gasteiger partial charge in [-0.25, -0.2) is 0 Å². The number of ether oxygens (including phenoxy) is 1. The first kappa shape index (κ1) is 14.7. The average Bonchev–Trinajstić information content (AvgIpc) is 2.93. The van der Waals surface area contributed by atoms with Crippen LogP contribution in [-0.4, -0.2) is 61.2 Å². The smallest absolute Gasteiger partial charge is 0.186 e. The van der Waals surface area contributed by atoms with Crippen molar-refractivity contribution in [2.45, 2.75) is 38.0 Å². The molecule has 3 aliphatic rings. The van der Waals surface area contributed by atoms with E-state index in [0.717, 1.165) is 57.1 Å². The molecule has 3 aliphatic heterocycles. The first-order valence-corrected chi connectivity index (χ1v) is 8.40. The Morgan fingerprint density at radius 3 is 2.78 bits per heavy atom. The molecule has 0 spiro atoms. The molecule has 3 atom stereocenters. The molecule has 0 amide bonds. The molecule has 2 bridgehead atoms. The molecule has 1 aromatic rings. The van der Waals surface area contributed by atoms with E-state index in [4.69, 9.17) is 4.74 Å². The second-order valence-electron chi connectivity index (χ2n) is 6.66. The van der Waals surface area contributed by atoms with Gasteiger partial charge in [0.05, 0.1) is 17.9 Å². The zero-order valence-corrected chi connectivity index (χ0v) is 13.4. The summed E-state index contributed by atoms with van der Waals surface area (Å²) in [5.41, 5.74) is 1.32. The van der Waals surface area contributed by atoms with Crippen LogP contribution in [0.1, 0.15) is 25.5 Å². The van der Waals surface area contributed by atoms with Crippen molar-refractivity contribution in [1.82, 2.24) is 15.5 Å². The SMILES string of the molecule is C[C@@H]1CNCCN1c1cc(N2CC3CCC(C2)O3)nnc1C#N. The lowest BCUT2D eigenvalue weighted by Gasteiger charge is -2.37. The van der Waals surface area contributed by atoms with E-state index in [-0.39, 0.29) is 0 Å². The van der Waals surface area contributed by atoms with Gasteiger partial charge in [0.1, 0.15) is 6.07 Å². The third kappa shape index (κ3) is 2.73. The summed E-state index contributed by atoms with van der Waals surface area (Å²) in [5.74, 6) is 0.866. The molecule has 0 aliphatic carbocycles. The van der Waals surface area contributed by atoms with Crippen LogP contribution in [0.5, 0.6) is 0 Å². The summed E-state index contributed by atoms with van der Waals surface area (Å²) in [6.07, 6.45) is 2.89. The molecule has 0 aromatic carbocycles. The van der Waals surface area contributed by atoms with Gasteiger partial charge in [-0.2, -0.15) is 5.26 Å². The minimum absolute atomic E-state index is 0.313. The van der Waals surface area contributed by atoms with E-state index in [9.17, 15) is 5.26 Å². The third-order valence-corrected chi connectivity index (χ3v) is 5.05. The lowest BCUT2D eigenvalue weighted by Crippen LogP contribution is -2.50. The van der Waals surface area contributed by atoms with Crippen LogP contribution in [0.15, 0.2) is 6.07 Å². The zero-order valence-electron chi connectivity index (χ0n) is 13.4. The van der Waals surface area contributed by atoms with E-state index in [2.05, 4.69) is 38.3 Å². The normalized spacial score (nSPS) is 30.3. The molecular formula is C16H22N6O. The number of hydrogen-bond donors (Lipinski definition) is 1. The molecule has 1 aromatic heterocycles. The zero-order chi connectivity index (χ0) is 15.8. The van der Waals surface area contributed by atoms with Crippen LogP contribution in [0.4, 0.5) is 11.5 Å². The number of anilines is 2. The lowest BCUT2D eigenvalue weighted by molar-refractivity contribution is 0.0302. The van der Waals surface area contributed by atoms with Crippen molar-refractivity contribution in [1.29, 1.82) is 5.26 Å². The summed E-state index contributed by atoms with van der Waals surface area (Å²) in [7, 11) is 0. The van der Waals surface area contributed by atoms with Gasteiger partial charge in [-0.3, -0.25) is 0 Å². The Bertz CT molecular complexity index is 617. The summed E-state index contributed by atoms with van der Waals surface area (Å²) in [6, 6.07) is 4.58. The van der Waals surface area contributed by atoms with Gasteiger partial charge in [-0.15, -0.1) is 10.2 Å². The number of piperazine rings is 1. The number of nitrogens with zero attached hydrogens (tertiary/aromatic N) is 5. The second kappa shape index (κ2) is 5.95. The lowest BCUT2D eigenvalue weighted by atomic mass is 10.1. The number of fused-ring (bicyclic) bond motifs is 2. The van der Waals surface area contributed by atoms with Crippen molar-refractivity contribution in [2.24, 2.45) is 0 Å². The van der Waals surface area contributed by atoms with Crippen molar-refractivity contribution in [3.63, 3.8) is 0 Å². The molecule has 23 heavy (non-hydrogen) atoms. The number of nitrogens with one attached hydrogen (secondary N) is 1.